The van der Waals surface area contributed by atoms with E-state index in [0.717, 1.165) is 25.3 Å². The lowest BCUT2D eigenvalue weighted by Gasteiger charge is -2.24. The van der Waals surface area contributed by atoms with Crippen molar-refractivity contribution in [1.82, 2.24) is 9.21 Å². The van der Waals surface area contributed by atoms with Gasteiger partial charge in [-0.3, -0.25) is 4.90 Å². The maximum atomic E-state index is 12.7. The zero-order valence-electron chi connectivity index (χ0n) is 11.4. The van der Waals surface area contributed by atoms with Crippen molar-refractivity contribution in [3.05, 3.63) is 17.5 Å². The summed E-state index contributed by atoms with van der Waals surface area (Å²) >= 11 is 1.33. The van der Waals surface area contributed by atoms with E-state index in [4.69, 9.17) is 0 Å². The number of rotatable bonds is 4. The molecule has 3 fully saturated rings. The molecule has 2 saturated heterocycles. The van der Waals surface area contributed by atoms with E-state index in [1.807, 2.05) is 11.4 Å². The number of fused-ring (bicyclic) bond motifs is 1. The van der Waals surface area contributed by atoms with Gasteiger partial charge in [0.15, 0.2) is 0 Å². The molecule has 1 aromatic rings. The highest BCUT2D eigenvalue weighted by atomic mass is 32.2. The minimum atomic E-state index is -3.26. The zero-order valence-corrected chi connectivity index (χ0v) is 13.1. The highest BCUT2D eigenvalue weighted by Crippen LogP contribution is 2.39. The fourth-order valence-corrected chi connectivity index (χ4v) is 6.54. The number of nitrogens with zero attached hydrogens (tertiary/aromatic N) is 2. The van der Waals surface area contributed by atoms with Crippen molar-refractivity contribution in [2.45, 2.75) is 42.0 Å². The summed E-state index contributed by atoms with van der Waals surface area (Å²) in [4.78, 5) is 2.55. The highest BCUT2D eigenvalue weighted by Gasteiger charge is 2.48. The van der Waals surface area contributed by atoms with E-state index in [1.54, 1.807) is 10.4 Å². The van der Waals surface area contributed by atoms with E-state index < -0.39 is 10.0 Å². The second-order valence-electron chi connectivity index (χ2n) is 6.20. The molecular formula is C14H20N2O2S2. The molecule has 3 aliphatic rings. The van der Waals surface area contributed by atoms with Gasteiger partial charge in [-0.05, 0) is 43.0 Å². The summed E-state index contributed by atoms with van der Waals surface area (Å²) in [5.74, 6) is 0.886. The molecule has 0 unspecified atom stereocenters. The summed E-state index contributed by atoms with van der Waals surface area (Å²) in [7, 11) is -3.26. The van der Waals surface area contributed by atoms with Crippen molar-refractivity contribution in [3.63, 3.8) is 0 Å². The van der Waals surface area contributed by atoms with E-state index in [0.29, 0.717) is 16.8 Å². The van der Waals surface area contributed by atoms with Gasteiger partial charge in [-0.15, -0.1) is 11.3 Å². The fourth-order valence-electron chi connectivity index (χ4n) is 3.72. The standard InChI is InChI=1S/C14H20N2O2S2/c17-20(18,14-2-1-9-19-14)16-8-6-12-13(16)5-7-15(12)10-11-3-4-11/h1-2,9,11-13H,3-8,10H2/t12-,13+/m0/s1. The van der Waals surface area contributed by atoms with Crippen LogP contribution in [0.1, 0.15) is 25.7 Å². The average Bonchev–Trinajstić information content (AvgIpc) is 2.88. The second kappa shape index (κ2) is 4.80. The maximum absolute atomic E-state index is 12.7. The molecule has 1 aromatic heterocycles. The quantitative estimate of drug-likeness (QED) is 0.854. The zero-order chi connectivity index (χ0) is 13.7. The molecule has 0 bridgehead atoms. The fraction of sp³-hybridized carbons (Fsp3) is 0.714. The summed E-state index contributed by atoms with van der Waals surface area (Å²) in [5.41, 5.74) is 0. The van der Waals surface area contributed by atoms with Crippen LogP contribution in [0.15, 0.2) is 21.7 Å². The molecule has 20 heavy (non-hydrogen) atoms. The molecule has 2 atom stereocenters. The predicted octanol–water partition coefficient (Wildman–Crippen LogP) is 2.00. The first kappa shape index (κ1) is 13.2. The van der Waals surface area contributed by atoms with Gasteiger partial charge in [0.2, 0.25) is 0 Å². The molecule has 6 heteroatoms. The van der Waals surface area contributed by atoms with E-state index in [1.165, 1.54) is 30.7 Å². The molecule has 1 aliphatic carbocycles. The van der Waals surface area contributed by atoms with Gasteiger partial charge < -0.3 is 0 Å². The molecule has 0 spiro atoms. The first-order valence-electron chi connectivity index (χ1n) is 7.45. The van der Waals surface area contributed by atoms with Gasteiger partial charge in [0.1, 0.15) is 4.21 Å². The van der Waals surface area contributed by atoms with E-state index in [-0.39, 0.29) is 6.04 Å². The Hall–Kier alpha value is -0.430. The topological polar surface area (TPSA) is 40.6 Å². The van der Waals surface area contributed by atoms with Crippen molar-refractivity contribution >= 4 is 21.4 Å². The van der Waals surface area contributed by atoms with Gasteiger partial charge >= 0.3 is 0 Å². The lowest BCUT2D eigenvalue weighted by Crippen LogP contribution is -2.39. The maximum Gasteiger partial charge on any atom is 0.252 e. The van der Waals surface area contributed by atoms with Gasteiger partial charge in [0, 0.05) is 31.7 Å². The molecule has 4 nitrogen and oxygen atoms in total. The van der Waals surface area contributed by atoms with E-state index >= 15 is 0 Å². The molecule has 0 amide bonds. The Balaban J connectivity index is 1.54. The number of hydrogen-bond acceptors (Lipinski definition) is 4. The summed E-state index contributed by atoms with van der Waals surface area (Å²) < 4.78 is 27.7. The van der Waals surface area contributed by atoms with Crippen LogP contribution in [-0.4, -0.2) is 49.3 Å². The molecule has 2 aliphatic heterocycles. The summed E-state index contributed by atoms with van der Waals surface area (Å²) in [6.45, 7) is 2.95. The minimum Gasteiger partial charge on any atom is -0.298 e. The van der Waals surface area contributed by atoms with Gasteiger partial charge in [-0.1, -0.05) is 6.07 Å². The Kier molecular flexibility index (Phi) is 3.18. The molecule has 3 heterocycles. The van der Waals surface area contributed by atoms with Gasteiger partial charge in [-0.2, -0.15) is 4.31 Å². The van der Waals surface area contributed by atoms with Crippen LogP contribution < -0.4 is 0 Å². The van der Waals surface area contributed by atoms with Crippen LogP contribution in [-0.2, 0) is 10.0 Å². The van der Waals surface area contributed by atoms with Crippen molar-refractivity contribution in [3.8, 4) is 0 Å². The van der Waals surface area contributed by atoms with Gasteiger partial charge in [0.25, 0.3) is 10.0 Å². The van der Waals surface area contributed by atoms with Crippen LogP contribution in [0.2, 0.25) is 0 Å². The SMILES string of the molecule is O=S(=O)(c1cccs1)N1CC[C@H]2[C@H]1CCN2CC1CC1. The largest absolute Gasteiger partial charge is 0.298 e. The Morgan fingerprint density at radius 1 is 1.15 bits per heavy atom. The van der Waals surface area contributed by atoms with Crippen LogP contribution in [0.5, 0.6) is 0 Å². The lowest BCUT2D eigenvalue weighted by atomic mass is 10.1. The third-order valence-corrected chi connectivity index (χ3v) is 8.19. The van der Waals surface area contributed by atoms with Crippen molar-refractivity contribution in [2.24, 2.45) is 5.92 Å². The molecule has 0 N–H and O–H groups in total. The summed E-state index contributed by atoms with van der Waals surface area (Å²) in [6.07, 6.45) is 4.74. The smallest absolute Gasteiger partial charge is 0.252 e. The van der Waals surface area contributed by atoms with Crippen molar-refractivity contribution in [1.29, 1.82) is 0 Å². The van der Waals surface area contributed by atoms with Crippen LogP contribution in [0.25, 0.3) is 0 Å². The van der Waals surface area contributed by atoms with Gasteiger partial charge in [0.05, 0.1) is 0 Å². The monoisotopic (exact) mass is 312 g/mol. The molecule has 110 valence electrons. The van der Waals surface area contributed by atoms with Gasteiger partial charge in [-0.25, -0.2) is 8.42 Å². The number of hydrogen-bond donors (Lipinski definition) is 0. The molecular weight excluding hydrogens is 292 g/mol. The Morgan fingerprint density at radius 2 is 1.95 bits per heavy atom. The number of likely N-dealkylation sites (tertiary alicyclic amines) is 1. The Morgan fingerprint density at radius 3 is 2.65 bits per heavy atom. The van der Waals surface area contributed by atoms with Crippen LogP contribution in [0.3, 0.4) is 0 Å². The Bertz CT molecular complexity index is 580. The van der Waals surface area contributed by atoms with Crippen LogP contribution in [0, 0.1) is 5.92 Å². The third-order valence-electron chi connectivity index (χ3n) is 4.89. The average molecular weight is 312 g/mol. The first-order valence-corrected chi connectivity index (χ1v) is 9.77. The number of thiophene rings is 1. The summed E-state index contributed by atoms with van der Waals surface area (Å²) in [5, 5.41) is 1.84. The first-order chi connectivity index (χ1) is 9.66. The van der Waals surface area contributed by atoms with Crippen LogP contribution >= 0.6 is 11.3 Å². The normalized spacial score (nSPS) is 31.8. The second-order valence-corrected chi connectivity index (χ2v) is 9.26. The molecule has 4 rings (SSSR count). The van der Waals surface area contributed by atoms with Crippen LogP contribution in [0.4, 0.5) is 0 Å². The number of sulfonamides is 1. The predicted molar refractivity (Wildman–Crippen MR) is 79.3 cm³/mol. The van der Waals surface area contributed by atoms with E-state index in [9.17, 15) is 8.42 Å². The third kappa shape index (κ3) is 2.13. The molecule has 1 saturated carbocycles. The van der Waals surface area contributed by atoms with Crippen molar-refractivity contribution in [2.75, 3.05) is 19.6 Å². The highest BCUT2D eigenvalue weighted by molar-refractivity contribution is 7.91. The summed E-state index contributed by atoms with van der Waals surface area (Å²) in [6, 6.07) is 4.22. The molecule has 0 radical (unpaired) electrons. The minimum absolute atomic E-state index is 0.209. The Labute approximate surface area is 124 Å². The lowest BCUT2D eigenvalue weighted by molar-refractivity contribution is 0.239. The van der Waals surface area contributed by atoms with Crippen molar-refractivity contribution < 1.29 is 8.42 Å². The molecule has 0 aromatic carbocycles. The van der Waals surface area contributed by atoms with E-state index in [2.05, 4.69) is 4.90 Å².